The van der Waals surface area contributed by atoms with E-state index in [-0.39, 0.29) is 22.5 Å². The maximum Gasteiger partial charge on any atom is 0.271 e. The molecule has 6 nitrogen and oxygen atoms in total. The fraction of sp³-hybridized carbons (Fsp3) is 0.333. The van der Waals surface area contributed by atoms with E-state index in [2.05, 4.69) is 15.5 Å². The maximum atomic E-state index is 11.9. The van der Waals surface area contributed by atoms with Crippen molar-refractivity contribution in [3.05, 3.63) is 41.4 Å². The number of carbonyl (C=O) groups is 2. The first-order valence-electron chi connectivity index (χ1n) is 6.58. The molecule has 1 aliphatic rings. The van der Waals surface area contributed by atoms with Crippen LogP contribution in [-0.4, -0.2) is 28.0 Å². The van der Waals surface area contributed by atoms with Crippen molar-refractivity contribution in [2.45, 2.75) is 26.7 Å². The van der Waals surface area contributed by atoms with Gasteiger partial charge in [0.1, 0.15) is 5.76 Å². The summed E-state index contributed by atoms with van der Waals surface area (Å²) >= 11 is 0. The van der Waals surface area contributed by atoms with Gasteiger partial charge in [0.25, 0.3) is 5.91 Å². The Balaban J connectivity index is 2.05. The second kappa shape index (κ2) is 5.87. The Morgan fingerprint density at radius 3 is 2.67 bits per heavy atom. The van der Waals surface area contributed by atoms with Crippen molar-refractivity contribution in [2.75, 3.05) is 0 Å². The number of aromatic nitrogens is 1. The van der Waals surface area contributed by atoms with Gasteiger partial charge < -0.3 is 5.11 Å². The molecule has 2 rings (SSSR count). The van der Waals surface area contributed by atoms with Gasteiger partial charge in [0.2, 0.25) is 0 Å². The SMILES string of the molecule is CC1(C)CC(=O)C(/C=N/NC(=O)c2ccncc2)=C(O)C1. The molecule has 1 aromatic heterocycles. The van der Waals surface area contributed by atoms with E-state index in [4.69, 9.17) is 0 Å². The van der Waals surface area contributed by atoms with E-state index in [0.29, 0.717) is 18.4 Å². The number of Topliss-reactive ketones (excluding diaryl/α,β-unsaturated/α-hetero) is 1. The molecule has 110 valence electrons. The molecule has 0 saturated heterocycles. The lowest BCUT2D eigenvalue weighted by Crippen LogP contribution is -2.27. The number of aliphatic hydroxyl groups is 1. The minimum atomic E-state index is -0.405. The van der Waals surface area contributed by atoms with E-state index < -0.39 is 5.91 Å². The number of nitrogens with zero attached hydrogens (tertiary/aromatic N) is 2. The zero-order valence-corrected chi connectivity index (χ0v) is 12.0. The molecule has 0 radical (unpaired) electrons. The summed E-state index contributed by atoms with van der Waals surface area (Å²) in [6.45, 7) is 3.83. The van der Waals surface area contributed by atoms with E-state index in [1.165, 1.54) is 18.6 Å². The monoisotopic (exact) mass is 287 g/mol. The number of nitrogens with one attached hydrogen (secondary N) is 1. The molecule has 2 N–H and O–H groups in total. The average molecular weight is 287 g/mol. The molecule has 1 aromatic rings. The molecule has 0 unspecified atom stereocenters. The van der Waals surface area contributed by atoms with Gasteiger partial charge >= 0.3 is 0 Å². The molecular weight excluding hydrogens is 270 g/mol. The van der Waals surface area contributed by atoms with Crippen LogP contribution in [0.1, 0.15) is 37.0 Å². The first kappa shape index (κ1) is 14.9. The van der Waals surface area contributed by atoms with Gasteiger partial charge in [0.05, 0.1) is 11.8 Å². The third-order valence-electron chi connectivity index (χ3n) is 3.20. The summed E-state index contributed by atoms with van der Waals surface area (Å²) in [4.78, 5) is 27.5. The largest absolute Gasteiger partial charge is 0.511 e. The van der Waals surface area contributed by atoms with Gasteiger partial charge in [-0.15, -0.1) is 0 Å². The topological polar surface area (TPSA) is 91.7 Å². The third-order valence-corrected chi connectivity index (χ3v) is 3.20. The number of hydrogen-bond donors (Lipinski definition) is 2. The van der Waals surface area contributed by atoms with Crippen LogP contribution in [0, 0.1) is 5.41 Å². The molecule has 1 heterocycles. The summed E-state index contributed by atoms with van der Waals surface area (Å²) in [5.41, 5.74) is 2.63. The van der Waals surface area contributed by atoms with Gasteiger partial charge in [0, 0.05) is 30.8 Å². The van der Waals surface area contributed by atoms with Crippen molar-refractivity contribution in [2.24, 2.45) is 10.5 Å². The minimum Gasteiger partial charge on any atom is -0.511 e. The van der Waals surface area contributed by atoms with E-state index in [9.17, 15) is 14.7 Å². The normalized spacial score (nSPS) is 18.1. The van der Waals surface area contributed by atoms with Crippen LogP contribution >= 0.6 is 0 Å². The molecule has 0 bridgehead atoms. The quantitative estimate of drug-likeness (QED) is 0.657. The second-order valence-corrected chi connectivity index (χ2v) is 5.74. The predicted molar refractivity (Wildman–Crippen MR) is 77.9 cm³/mol. The van der Waals surface area contributed by atoms with Gasteiger partial charge in [-0.2, -0.15) is 5.10 Å². The standard InChI is InChI=1S/C15H17N3O3/c1-15(2)7-12(19)11(13(20)8-15)9-17-18-14(21)10-3-5-16-6-4-10/h3-6,9,19H,7-8H2,1-2H3,(H,18,21)/b17-9+. The van der Waals surface area contributed by atoms with Crippen molar-refractivity contribution in [3.8, 4) is 0 Å². The lowest BCUT2D eigenvalue weighted by Gasteiger charge is -2.28. The summed E-state index contributed by atoms with van der Waals surface area (Å²) in [5.74, 6) is -0.568. The summed E-state index contributed by atoms with van der Waals surface area (Å²) < 4.78 is 0. The number of hydrazone groups is 1. The van der Waals surface area contributed by atoms with Gasteiger partial charge in [-0.25, -0.2) is 5.43 Å². The number of amides is 1. The molecule has 0 atom stereocenters. The van der Waals surface area contributed by atoms with Crippen LogP contribution in [0.4, 0.5) is 0 Å². The molecule has 0 saturated carbocycles. The van der Waals surface area contributed by atoms with Crippen molar-refractivity contribution in [3.63, 3.8) is 0 Å². The van der Waals surface area contributed by atoms with Crippen molar-refractivity contribution >= 4 is 17.9 Å². The van der Waals surface area contributed by atoms with Gasteiger partial charge in [-0.3, -0.25) is 14.6 Å². The van der Waals surface area contributed by atoms with Crippen LogP contribution in [0.2, 0.25) is 0 Å². The second-order valence-electron chi connectivity index (χ2n) is 5.74. The van der Waals surface area contributed by atoms with Crippen molar-refractivity contribution in [1.29, 1.82) is 0 Å². The Hall–Kier alpha value is -2.50. The van der Waals surface area contributed by atoms with Crippen molar-refractivity contribution < 1.29 is 14.7 Å². The fourth-order valence-electron chi connectivity index (χ4n) is 2.17. The Labute approximate surface area is 122 Å². The number of ketones is 1. The first-order valence-corrected chi connectivity index (χ1v) is 6.58. The number of aliphatic hydroxyl groups excluding tert-OH is 1. The van der Waals surface area contributed by atoms with Gasteiger partial charge in [0.15, 0.2) is 5.78 Å². The summed E-state index contributed by atoms with van der Waals surface area (Å²) in [5, 5.41) is 13.6. The van der Waals surface area contributed by atoms with Crippen LogP contribution in [0.25, 0.3) is 0 Å². The lowest BCUT2D eigenvalue weighted by molar-refractivity contribution is -0.117. The van der Waals surface area contributed by atoms with Gasteiger partial charge in [-0.05, 0) is 17.5 Å². The number of carbonyl (C=O) groups excluding carboxylic acids is 2. The maximum absolute atomic E-state index is 11.9. The lowest BCUT2D eigenvalue weighted by atomic mass is 9.77. The van der Waals surface area contributed by atoms with Crippen LogP contribution in [0.3, 0.4) is 0 Å². The molecular formula is C15H17N3O3. The highest BCUT2D eigenvalue weighted by Gasteiger charge is 2.32. The third kappa shape index (κ3) is 3.75. The highest BCUT2D eigenvalue weighted by molar-refractivity contribution is 6.14. The van der Waals surface area contributed by atoms with Crippen LogP contribution in [0.5, 0.6) is 0 Å². The summed E-state index contributed by atoms with van der Waals surface area (Å²) in [6.07, 6.45) is 4.96. The molecule has 0 fully saturated rings. The molecule has 21 heavy (non-hydrogen) atoms. The number of allylic oxidation sites excluding steroid dienone is 2. The van der Waals surface area contributed by atoms with E-state index >= 15 is 0 Å². The molecule has 0 aromatic carbocycles. The van der Waals surface area contributed by atoms with Crippen LogP contribution in [0.15, 0.2) is 41.0 Å². The number of rotatable bonds is 3. The van der Waals surface area contributed by atoms with E-state index in [1.807, 2.05) is 13.8 Å². The van der Waals surface area contributed by atoms with Crippen LogP contribution in [-0.2, 0) is 4.79 Å². The highest BCUT2D eigenvalue weighted by atomic mass is 16.3. The summed E-state index contributed by atoms with van der Waals surface area (Å²) in [6, 6.07) is 3.10. The Morgan fingerprint density at radius 1 is 1.38 bits per heavy atom. The van der Waals surface area contributed by atoms with E-state index in [1.54, 1.807) is 12.1 Å². The average Bonchev–Trinajstić information content (AvgIpc) is 2.41. The summed E-state index contributed by atoms with van der Waals surface area (Å²) in [7, 11) is 0. The fourth-order valence-corrected chi connectivity index (χ4v) is 2.17. The zero-order chi connectivity index (χ0) is 15.5. The van der Waals surface area contributed by atoms with Crippen molar-refractivity contribution in [1.82, 2.24) is 10.4 Å². The molecule has 0 spiro atoms. The number of hydrogen-bond acceptors (Lipinski definition) is 5. The molecule has 6 heteroatoms. The molecule has 1 amide bonds. The minimum absolute atomic E-state index is 0.0122. The molecule has 1 aliphatic carbocycles. The number of pyridine rings is 1. The van der Waals surface area contributed by atoms with E-state index in [0.717, 1.165) is 0 Å². The Bertz CT molecular complexity index is 618. The predicted octanol–water partition coefficient (Wildman–Crippen LogP) is 2.00. The Kier molecular flexibility index (Phi) is 4.16. The highest BCUT2D eigenvalue weighted by Crippen LogP contribution is 2.34. The van der Waals surface area contributed by atoms with Gasteiger partial charge in [-0.1, -0.05) is 13.8 Å². The Morgan fingerprint density at radius 2 is 2.05 bits per heavy atom. The smallest absolute Gasteiger partial charge is 0.271 e. The van der Waals surface area contributed by atoms with Crippen LogP contribution < -0.4 is 5.43 Å². The molecule has 0 aliphatic heterocycles. The zero-order valence-electron chi connectivity index (χ0n) is 12.0. The first-order chi connectivity index (χ1) is 9.89.